The molecular weight excluding hydrogens is 272 g/mol. The molecule has 20 heavy (non-hydrogen) atoms. The number of nitrogens with zero attached hydrogens (tertiary/aromatic N) is 2. The van der Waals surface area contributed by atoms with E-state index in [0.717, 1.165) is 24.2 Å². The number of carbonyl (C=O) groups excluding carboxylic acids is 1. The molecule has 1 saturated heterocycles. The summed E-state index contributed by atoms with van der Waals surface area (Å²) in [4.78, 5) is 18.8. The zero-order chi connectivity index (χ0) is 13.9. The molecule has 2 aromatic rings. The largest absolute Gasteiger partial charge is 0.368 e. The van der Waals surface area contributed by atoms with Crippen molar-refractivity contribution in [2.24, 2.45) is 0 Å². The third-order valence-corrected chi connectivity index (χ3v) is 4.18. The predicted octanol–water partition coefficient (Wildman–Crippen LogP) is 3.30. The summed E-state index contributed by atoms with van der Waals surface area (Å²) in [6.07, 6.45) is 1.38. The van der Waals surface area contributed by atoms with Crippen molar-refractivity contribution in [3.63, 3.8) is 0 Å². The van der Waals surface area contributed by atoms with Gasteiger partial charge in [0.2, 0.25) is 0 Å². The van der Waals surface area contributed by atoms with Gasteiger partial charge in [0, 0.05) is 12.0 Å². The van der Waals surface area contributed by atoms with Gasteiger partial charge in [-0.2, -0.15) is 0 Å². The van der Waals surface area contributed by atoms with E-state index in [1.54, 1.807) is 4.90 Å². The smallest absolute Gasteiger partial charge is 0.262 e. The highest BCUT2D eigenvalue weighted by Crippen LogP contribution is 2.30. The summed E-state index contributed by atoms with van der Waals surface area (Å²) in [6.45, 7) is 2.59. The topological polar surface area (TPSA) is 42.4 Å². The Hall–Kier alpha value is -1.72. The lowest BCUT2D eigenvalue weighted by Gasteiger charge is -2.22. The van der Waals surface area contributed by atoms with Crippen LogP contribution >= 0.6 is 11.3 Å². The van der Waals surface area contributed by atoms with Gasteiger partial charge in [-0.25, -0.2) is 4.98 Å². The Balaban J connectivity index is 1.97. The first-order valence-electron chi connectivity index (χ1n) is 6.68. The molecule has 104 valence electrons. The van der Waals surface area contributed by atoms with Crippen LogP contribution < -0.4 is 4.90 Å². The average molecular weight is 288 g/mol. The molecule has 0 bridgehead atoms. The van der Waals surface area contributed by atoms with Gasteiger partial charge < -0.3 is 4.74 Å². The lowest BCUT2D eigenvalue weighted by atomic mass is 10.2. The minimum Gasteiger partial charge on any atom is -0.368 e. The molecule has 0 saturated carbocycles. The highest BCUT2D eigenvalue weighted by Gasteiger charge is 2.31. The number of hydrogen-bond donors (Lipinski definition) is 0. The normalized spacial score (nSPS) is 18.1. The van der Waals surface area contributed by atoms with E-state index in [0.29, 0.717) is 11.7 Å². The Morgan fingerprint density at radius 2 is 2.20 bits per heavy atom. The second kappa shape index (κ2) is 5.73. The molecule has 4 nitrogen and oxygen atoms in total. The van der Waals surface area contributed by atoms with Gasteiger partial charge in [0.25, 0.3) is 5.91 Å². The Morgan fingerprint density at radius 1 is 1.40 bits per heavy atom. The SMILES string of the molecule is Cc1csc(N(C(=O)C2CCCO2)c2ccccc2)n1. The summed E-state index contributed by atoms with van der Waals surface area (Å²) < 4.78 is 5.53. The number of anilines is 2. The number of carbonyl (C=O) groups is 1. The van der Waals surface area contributed by atoms with Crippen molar-refractivity contribution >= 4 is 28.1 Å². The number of ether oxygens (including phenoxy) is 1. The number of aromatic nitrogens is 1. The fourth-order valence-electron chi connectivity index (χ4n) is 2.27. The molecule has 1 aromatic carbocycles. The Morgan fingerprint density at radius 3 is 2.80 bits per heavy atom. The van der Waals surface area contributed by atoms with E-state index in [4.69, 9.17) is 4.74 Å². The molecule has 2 heterocycles. The molecule has 1 aromatic heterocycles. The molecule has 1 aliphatic heterocycles. The Bertz CT molecular complexity index is 591. The molecule has 1 unspecified atom stereocenters. The molecular formula is C15H16N2O2S. The van der Waals surface area contributed by atoms with Crippen molar-refractivity contribution in [2.45, 2.75) is 25.9 Å². The second-order valence-electron chi connectivity index (χ2n) is 4.78. The zero-order valence-electron chi connectivity index (χ0n) is 11.3. The van der Waals surface area contributed by atoms with Gasteiger partial charge in [0.15, 0.2) is 5.13 Å². The van der Waals surface area contributed by atoms with Crippen LogP contribution in [0.1, 0.15) is 18.5 Å². The molecule has 0 spiro atoms. The Kier molecular flexibility index (Phi) is 3.80. The van der Waals surface area contributed by atoms with Crippen LogP contribution in [0.15, 0.2) is 35.7 Å². The second-order valence-corrected chi connectivity index (χ2v) is 5.62. The predicted molar refractivity (Wildman–Crippen MR) is 79.4 cm³/mol. The van der Waals surface area contributed by atoms with E-state index >= 15 is 0 Å². The van der Waals surface area contributed by atoms with E-state index in [2.05, 4.69) is 4.98 Å². The Labute approximate surface area is 122 Å². The standard InChI is InChI=1S/C15H16N2O2S/c1-11-10-20-15(16-11)17(12-6-3-2-4-7-12)14(18)13-8-5-9-19-13/h2-4,6-7,10,13H,5,8-9H2,1H3. The highest BCUT2D eigenvalue weighted by molar-refractivity contribution is 7.14. The maximum atomic E-state index is 12.7. The molecule has 0 aliphatic carbocycles. The number of aryl methyl sites for hydroxylation is 1. The number of benzene rings is 1. The first-order chi connectivity index (χ1) is 9.75. The third kappa shape index (κ3) is 2.59. The van der Waals surface area contributed by atoms with E-state index in [1.807, 2.05) is 42.6 Å². The summed E-state index contributed by atoms with van der Waals surface area (Å²) >= 11 is 1.48. The van der Waals surface area contributed by atoms with Crippen LogP contribution in [0.25, 0.3) is 0 Å². The summed E-state index contributed by atoms with van der Waals surface area (Å²) in [5.74, 6) is -0.0250. The van der Waals surface area contributed by atoms with Gasteiger partial charge in [-0.15, -0.1) is 11.3 Å². The van der Waals surface area contributed by atoms with Crippen LogP contribution in [0, 0.1) is 6.92 Å². The fraction of sp³-hybridized carbons (Fsp3) is 0.333. The minimum absolute atomic E-state index is 0.0250. The first-order valence-corrected chi connectivity index (χ1v) is 7.56. The lowest BCUT2D eigenvalue weighted by molar-refractivity contribution is -0.126. The summed E-state index contributed by atoms with van der Waals surface area (Å²) in [5, 5.41) is 2.66. The number of rotatable bonds is 3. The third-order valence-electron chi connectivity index (χ3n) is 3.24. The van der Waals surface area contributed by atoms with Crippen LogP contribution in [0.4, 0.5) is 10.8 Å². The fourth-order valence-corrected chi connectivity index (χ4v) is 3.10. The van der Waals surface area contributed by atoms with Crippen molar-refractivity contribution in [1.29, 1.82) is 0 Å². The minimum atomic E-state index is -0.348. The van der Waals surface area contributed by atoms with Gasteiger partial charge in [0.05, 0.1) is 11.4 Å². The monoisotopic (exact) mass is 288 g/mol. The van der Waals surface area contributed by atoms with Crippen molar-refractivity contribution in [2.75, 3.05) is 11.5 Å². The molecule has 1 aliphatic rings. The van der Waals surface area contributed by atoms with Crippen LogP contribution in [-0.4, -0.2) is 23.6 Å². The number of thiazole rings is 1. The van der Waals surface area contributed by atoms with Crippen molar-refractivity contribution in [3.8, 4) is 0 Å². The average Bonchev–Trinajstić information content (AvgIpc) is 3.12. The van der Waals surface area contributed by atoms with Crippen LogP contribution in [0.2, 0.25) is 0 Å². The maximum Gasteiger partial charge on any atom is 0.262 e. The maximum absolute atomic E-state index is 12.7. The number of amides is 1. The van der Waals surface area contributed by atoms with Crippen LogP contribution in [0.3, 0.4) is 0 Å². The van der Waals surface area contributed by atoms with E-state index in [1.165, 1.54) is 11.3 Å². The zero-order valence-corrected chi connectivity index (χ0v) is 12.1. The molecule has 1 amide bonds. The summed E-state index contributed by atoms with van der Waals surface area (Å²) in [7, 11) is 0. The van der Waals surface area contributed by atoms with Crippen molar-refractivity contribution in [3.05, 3.63) is 41.4 Å². The van der Waals surface area contributed by atoms with E-state index in [-0.39, 0.29) is 12.0 Å². The molecule has 1 atom stereocenters. The lowest BCUT2D eigenvalue weighted by Crippen LogP contribution is -2.35. The van der Waals surface area contributed by atoms with Crippen LogP contribution in [-0.2, 0) is 9.53 Å². The van der Waals surface area contributed by atoms with Crippen molar-refractivity contribution in [1.82, 2.24) is 4.98 Å². The molecule has 0 radical (unpaired) electrons. The van der Waals surface area contributed by atoms with E-state index < -0.39 is 0 Å². The number of hydrogen-bond acceptors (Lipinski definition) is 4. The van der Waals surface area contributed by atoms with Gasteiger partial charge >= 0.3 is 0 Å². The van der Waals surface area contributed by atoms with Crippen LogP contribution in [0.5, 0.6) is 0 Å². The summed E-state index contributed by atoms with van der Waals surface area (Å²) in [5.41, 5.74) is 1.76. The molecule has 5 heteroatoms. The quantitative estimate of drug-likeness (QED) is 0.870. The van der Waals surface area contributed by atoms with Gasteiger partial charge in [-0.3, -0.25) is 9.69 Å². The van der Waals surface area contributed by atoms with Gasteiger partial charge in [0.1, 0.15) is 6.10 Å². The molecule has 0 N–H and O–H groups in total. The molecule has 1 fully saturated rings. The first kappa shape index (κ1) is 13.3. The molecule has 3 rings (SSSR count). The van der Waals surface area contributed by atoms with Gasteiger partial charge in [-0.1, -0.05) is 18.2 Å². The van der Waals surface area contributed by atoms with E-state index in [9.17, 15) is 4.79 Å². The number of para-hydroxylation sites is 1. The van der Waals surface area contributed by atoms with Crippen molar-refractivity contribution < 1.29 is 9.53 Å². The summed E-state index contributed by atoms with van der Waals surface area (Å²) in [6, 6.07) is 9.62. The van der Waals surface area contributed by atoms with Gasteiger partial charge in [-0.05, 0) is 31.9 Å². The highest BCUT2D eigenvalue weighted by atomic mass is 32.1.